The summed E-state index contributed by atoms with van der Waals surface area (Å²) in [7, 11) is 0. The van der Waals surface area contributed by atoms with Crippen LogP contribution in [-0.4, -0.2) is 65.3 Å². The summed E-state index contributed by atoms with van der Waals surface area (Å²) >= 11 is 0. The minimum Gasteiger partial charge on any atom is -0.463 e. The molecular formula is C31H32N4O7. The summed E-state index contributed by atoms with van der Waals surface area (Å²) < 4.78 is 11.3. The Labute approximate surface area is 243 Å². The number of nitro benzene ring substituents is 1. The molecule has 2 amide bonds. The minimum absolute atomic E-state index is 0.0336. The molecule has 1 atom stereocenters. The maximum absolute atomic E-state index is 13.3. The lowest BCUT2D eigenvalue weighted by Crippen LogP contribution is -2.48. The lowest BCUT2D eigenvalue weighted by atomic mass is 9.83. The Morgan fingerprint density at radius 3 is 2.33 bits per heavy atom. The van der Waals surface area contributed by atoms with Crippen molar-refractivity contribution in [1.82, 2.24) is 9.80 Å². The molecule has 0 N–H and O–H groups in total. The molecule has 0 bridgehead atoms. The first kappa shape index (κ1) is 28.6. The average molecular weight is 573 g/mol. The van der Waals surface area contributed by atoms with Gasteiger partial charge in [-0.05, 0) is 43.7 Å². The molecule has 0 saturated carbocycles. The Morgan fingerprint density at radius 2 is 1.69 bits per heavy atom. The maximum Gasteiger partial charge on any atom is 0.336 e. The van der Waals surface area contributed by atoms with Crippen molar-refractivity contribution in [2.45, 2.75) is 32.7 Å². The highest BCUT2D eigenvalue weighted by Gasteiger charge is 2.37. The van der Waals surface area contributed by atoms with E-state index >= 15 is 0 Å². The van der Waals surface area contributed by atoms with E-state index in [1.807, 2.05) is 30.3 Å². The number of furan rings is 1. The SMILES string of the molecule is CCOC(=O)C1=C(C)N(Cc2ccc(C(=O)N3CCN(c4ccc([N+](=O)[O-])cc4)CC3)o2)C(=O)CC1c1ccccc1. The van der Waals surface area contributed by atoms with Crippen LogP contribution in [0.15, 0.2) is 82.4 Å². The second-order valence-electron chi connectivity index (χ2n) is 10.2. The standard InChI is InChI=1S/C31H32N4O7/c1-3-41-31(38)29-21(2)34(28(36)19-26(29)22-7-5-4-6-8-22)20-25-13-14-27(42-25)30(37)33-17-15-32(16-18-33)23-9-11-24(12-10-23)35(39)40/h4-14,26H,3,15-20H2,1-2H3. The van der Waals surface area contributed by atoms with Crippen molar-refractivity contribution in [1.29, 1.82) is 0 Å². The molecule has 2 aliphatic heterocycles. The second kappa shape index (κ2) is 12.3. The Morgan fingerprint density at radius 1 is 1.00 bits per heavy atom. The number of carbonyl (C=O) groups excluding carboxylic acids is 3. The van der Waals surface area contributed by atoms with E-state index in [1.165, 1.54) is 17.0 Å². The number of amides is 2. The second-order valence-corrected chi connectivity index (χ2v) is 10.2. The number of anilines is 1. The van der Waals surface area contributed by atoms with E-state index in [-0.39, 0.29) is 42.8 Å². The van der Waals surface area contributed by atoms with Crippen LogP contribution in [0, 0.1) is 10.1 Å². The number of non-ortho nitro benzene ring substituents is 1. The van der Waals surface area contributed by atoms with Crippen molar-refractivity contribution >= 4 is 29.2 Å². The van der Waals surface area contributed by atoms with E-state index in [0.29, 0.717) is 43.2 Å². The van der Waals surface area contributed by atoms with Crippen LogP contribution in [0.3, 0.4) is 0 Å². The molecule has 1 unspecified atom stereocenters. The van der Waals surface area contributed by atoms with Crippen LogP contribution >= 0.6 is 0 Å². The van der Waals surface area contributed by atoms with Crippen LogP contribution in [0.25, 0.3) is 0 Å². The summed E-state index contributed by atoms with van der Waals surface area (Å²) in [5.41, 5.74) is 2.71. The number of ether oxygens (including phenoxy) is 1. The van der Waals surface area contributed by atoms with Crippen molar-refractivity contribution in [3.8, 4) is 0 Å². The van der Waals surface area contributed by atoms with Gasteiger partial charge in [0, 0.05) is 62.0 Å². The van der Waals surface area contributed by atoms with Gasteiger partial charge >= 0.3 is 5.97 Å². The molecular weight excluding hydrogens is 540 g/mol. The fourth-order valence-corrected chi connectivity index (χ4v) is 5.49. The Balaban J connectivity index is 1.27. The number of piperazine rings is 1. The van der Waals surface area contributed by atoms with E-state index in [1.54, 1.807) is 43.0 Å². The summed E-state index contributed by atoms with van der Waals surface area (Å²) in [6.45, 7) is 5.84. The van der Waals surface area contributed by atoms with Gasteiger partial charge in [-0.15, -0.1) is 0 Å². The van der Waals surface area contributed by atoms with E-state index < -0.39 is 16.8 Å². The Bertz CT molecular complexity index is 1510. The van der Waals surface area contributed by atoms with Gasteiger partial charge in [-0.1, -0.05) is 30.3 Å². The van der Waals surface area contributed by atoms with Gasteiger partial charge in [0.2, 0.25) is 5.91 Å². The normalized spacial score (nSPS) is 17.4. The predicted octanol–water partition coefficient (Wildman–Crippen LogP) is 4.50. The molecule has 11 heteroatoms. The van der Waals surface area contributed by atoms with Gasteiger partial charge in [0.25, 0.3) is 11.6 Å². The fraction of sp³-hybridized carbons (Fsp3) is 0.323. The molecule has 42 heavy (non-hydrogen) atoms. The first-order valence-electron chi connectivity index (χ1n) is 13.9. The predicted molar refractivity (Wildman–Crippen MR) is 154 cm³/mol. The lowest BCUT2D eigenvalue weighted by Gasteiger charge is -2.35. The molecule has 218 valence electrons. The molecule has 1 saturated heterocycles. The van der Waals surface area contributed by atoms with E-state index in [0.717, 1.165) is 11.3 Å². The largest absolute Gasteiger partial charge is 0.463 e. The number of carbonyl (C=O) groups is 3. The molecule has 0 aliphatic carbocycles. The van der Waals surface area contributed by atoms with Crippen molar-refractivity contribution < 1.29 is 28.5 Å². The number of nitrogens with zero attached hydrogens (tertiary/aromatic N) is 4. The number of hydrogen-bond acceptors (Lipinski definition) is 8. The topological polar surface area (TPSA) is 126 Å². The lowest BCUT2D eigenvalue weighted by molar-refractivity contribution is -0.384. The molecule has 5 rings (SSSR count). The number of nitro groups is 1. The zero-order valence-corrected chi connectivity index (χ0v) is 23.5. The maximum atomic E-state index is 13.3. The summed E-state index contributed by atoms with van der Waals surface area (Å²) in [5.74, 6) is -0.666. The number of hydrogen-bond donors (Lipinski definition) is 0. The molecule has 1 aromatic heterocycles. The third-order valence-corrected chi connectivity index (χ3v) is 7.70. The van der Waals surface area contributed by atoms with Gasteiger partial charge in [0.15, 0.2) is 5.76 Å². The number of allylic oxidation sites excluding steroid dienone is 1. The van der Waals surface area contributed by atoms with Crippen LogP contribution in [0.5, 0.6) is 0 Å². The van der Waals surface area contributed by atoms with E-state index in [2.05, 4.69) is 4.90 Å². The van der Waals surface area contributed by atoms with Crippen molar-refractivity contribution in [2.75, 3.05) is 37.7 Å². The zero-order chi connectivity index (χ0) is 29.8. The first-order chi connectivity index (χ1) is 20.3. The van der Waals surface area contributed by atoms with Gasteiger partial charge in [0.05, 0.1) is 23.6 Å². The Hall–Kier alpha value is -4.93. The number of esters is 1. The summed E-state index contributed by atoms with van der Waals surface area (Å²) in [4.78, 5) is 55.3. The van der Waals surface area contributed by atoms with Crippen LogP contribution < -0.4 is 4.90 Å². The van der Waals surface area contributed by atoms with Crippen LogP contribution in [0.1, 0.15) is 48.1 Å². The molecule has 3 heterocycles. The quantitative estimate of drug-likeness (QED) is 0.219. The monoisotopic (exact) mass is 572 g/mol. The molecule has 3 aromatic rings. The number of benzene rings is 2. The van der Waals surface area contributed by atoms with Gasteiger partial charge in [-0.2, -0.15) is 0 Å². The first-order valence-corrected chi connectivity index (χ1v) is 13.9. The molecule has 11 nitrogen and oxygen atoms in total. The van der Waals surface area contributed by atoms with Gasteiger partial charge in [-0.3, -0.25) is 19.7 Å². The van der Waals surface area contributed by atoms with Crippen molar-refractivity contribution in [3.05, 3.63) is 105 Å². The third kappa shape index (κ3) is 5.90. The van der Waals surface area contributed by atoms with E-state index in [9.17, 15) is 24.5 Å². The molecule has 2 aliphatic rings. The van der Waals surface area contributed by atoms with Crippen LogP contribution in [0.2, 0.25) is 0 Å². The van der Waals surface area contributed by atoms with Crippen molar-refractivity contribution in [2.24, 2.45) is 0 Å². The third-order valence-electron chi connectivity index (χ3n) is 7.70. The summed E-state index contributed by atoms with van der Waals surface area (Å²) in [6, 6.07) is 19.1. The van der Waals surface area contributed by atoms with E-state index in [4.69, 9.17) is 9.15 Å². The van der Waals surface area contributed by atoms with Crippen molar-refractivity contribution in [3.63, 3.8) is 0 Å². The molecule has 0 radical (unpaired) electrons. The van der Waals surface area contributed by atoms with Crippen LogP contribution in [0.4, 0.5) is 11.4 Å². The highest BCUT2D eigenvalue weighted by atomic mass is 16.6. The van der Waals surface area contributed by atoms with Gasteiger partial charge < -0.3 is 23.9 Å². The zero-order valence-electron chi connectivity index (χ0n) is 23.5. The minimum atomic E-state index is -0.454. The molecule has 0 spiro atoms. The molecule has 1 fully saturated rings. The van der Waals surface area contributed by atoms with Crippen LogP contribution in [-0.2, 0) is 20.9 Å². The van der Waals surface area contributed by atoms with Gasteiger partial charge in [-0.25, -0.2) is 4.79 Å². The number of rotatable bonds is 8. The highest BCUT2D eigenvalue weighted by molar-refractivity contribution is 5.96. The smallest absolute Gasteiger partial charge is 0.336 e. The molecule has 2 aromatic carbocycles. The average Bonchev–Trinajstić information content (AvgIpc) is 3.48. The summed E-state index contributed by atoms with van der Waals surface area (Å²) in [6.07, 6.45) is 0.112. The Kier molecular flexibility index (Phi) is 8.37. The fourth-order valence-electron chi connectivity index (χ4n) is 5.49. The summed E-state index contributed by atoms with van der Waals surface area (Å²) in [5, 5.41) is 10.9. The highest BCUT2D eigenvalue weighted by Crippen LogP contribution is 2.37. The van der Waals surface area contributed by atoms with Gasteiger partial charge in [0.1, 0.15) is 5.76 Å².